The van der Waals surface area contributed by atoms with Crippen LogP contribution in [0, 0.1) is 6.92 Å². The molecule has 0 fully saturated rings. The fourth-order valence-corrected chi connectivity index (χ4v) is 1.77. The van der Waals surface area contributed by atoms with E-state index in [0.29, 0.717) is 5.69 Å². The van der Waals surface area contributed by atoms with E-state index in [-0.39, 0.29) is 17.3 Å². The van der Waals surface area contributed by atoms with Crippen LogP contribution >= 0.6 is 0 Å². The Hall–Kier alpha value is -3.63. The third-order valence-corrected chi connectivity index (χ3v) is 2.81. The van der Waals surface area contributed by atoms with E-state index >= 15 is 0 Å². The first-order valence-electron chi connectivity index (χ1n) is 6.41. The van der Waals surface area contributed by atoms with Crippen molar-refractivity contribution in [3.8, 4) is 5.82 Å². The third-order valence-electron chi connectivity index (χ3n) is 2.81. The van der Waals surface area contributed by atoms with Crippen molar-refractivity contribution in [1.29, 1.82) is 0 Å². The minimum atomic E-state index is -0.532. The first-order chi connectivity index (χ1) is 11.2. The van der Waals surface area contributed by atoms with Crippen LogP contribution in [0.3, 0.4) is 0 Å². The summed E-state index contributed by atoms with van der Waals surface area (Å²) < 4.78 is 5.64. The molecule has 0 saturated carbocycles. The molecular weight excluding hydrogens is 302 g/mol. The van der Waals surface area contributed by atoms with E-state index in [1.54, 1.807) is 31.5 Å². The number of hydrogen-bond donors (Lipinski definition) is 2. The van der Waals surface area contributed by atoms with Crippen LogP contribution in [0.1, 0.15) is 21.7 Å². The topological polar surface area (TPSA) is 150 Å². The summed E-state index contributed by atoms with van der Waals surface area (Å²) >= 11 is 0. The van der Waals surface area contributed by atoms with Crippen LogP contribution in [0.15, 0.2) is 34.3 Å². The smallest absolute Gasteiger partial charge is 0.292 e. The van der Waals surface area contributed by atoms with Crippen molar-refractivity contribution in [2.75, 3.05) is 5.73 Å². The molecule has 0 saturated heterocycles. The second kappa shape index (κ2) is 6.01. The zero-order valence-electron chi connectivity index (χ0n) is 11.9. The lowest BCUT2D eigenvalue weighted by atomic mass is 10.3. The van der Waals surface area contributed by atoms with Gasteiger partial charge in [-0.3, -0.25) is 9.78 Å². The lowest BCUT2D eigenvalue weighted by Gasteiger charge is -2.02. The molecule has 3 heterocycles. The van der Waals surface area contributed by atoms with Gasteiger partial charge in [-0.25, -0.2) is 10.1 Å². The van der Waals surface area contributed by atoms with E-state index in [0.717, 1.165) is 10.2 Å². The number of aryl methyl sites for hydroxylation is 1. The van der Waals surface area contributed by atoms with Crippen LogP contribution in [0.2, 0.25) is 0 Å². The molecule has 116 valence electrons. The summed E-state index contributed by atoms with van der Waals surface area (Å²) in [4.78, 5) is 16.2. The fraction of sp³-hybridized carbons (Fsp3) is 0.0833. The van der Waals surface area contributed by atoms with E-state index < -0.39 is 5.91 Å². The summed E-state index contributed by atoms with van der Waals surface area (Å²) in [6, 6.07) is 3.55. The molecule has 0 aromatic carbocycles. The standard InChI is InChI=1S/C12H11N9O2/c1-7-9(21(20-16-7)11-10(13)18-23-19-11)12(22)17-15-6-8-3-2-4-14-5-8/h2-6H,1H3,(H2,13,18)(H,17,22). The number of nitrogens with one attached hydrogen (secondary N) is 1. The molecule has 1 amide bonds. The molecule has 0 aliphatic carbocycles. The van der Waals surface area contributed by atoms with Crippen LogP contribution in [0.4, 0.5) is 5.82 Å². The van der Waals surface area contributed by atoms with Crippen molar-refractivity contribution in [1.82, 2.24) is 35.7 Å². The van der Waals surface area contributed by atoms with E-state index in [2.05, 4.69) is 40.8 Å². The quantitative estimate of drug-likeness (QED) is 0.492. The SMILES string of the molecule is Cc1nnn(-c2nonc2N)c1C(=O)NN=Cc1cccnc1. The Bertz CT molecular complexity index is 853. The summed E-state index contributed by atoms with van der Waals surface area (Å²) in [5.41, 5.74) is 9.22. The summed E-state index contributed by atoms with van der Waals surface area (Å²) in [5.74, 6) is -0.468. The number of aromatic nitrogens is 6. The summed E-state index contributed by atoms with van der Waals surface area (Å²) in [6.45, 7) is 1.62. The largest absolute Gasteiger partial charge is 0.378 e. The van der Waals surface area contributed by atoms with Gasteiger partial charge in [-0.05, 0) is 23.3 Å². The molecule has 0 aliphatic heterocycles. The van der Waals surface area contributed by atoms with E-state index in [4.69, 9.17) is 5.73 Å². The Morgan fingerprint density at radius 3 is 3.04 bits per heavy atom. The van der Waals surface area contributed by atoms with Gasteiger partial charge in [-0.15, -0.1) is 5.10 Å². The first-order valence-corrected chi connectivity index (χ1v) is 6.41. The number of pyridine rings is 1. The van der Waals surface area contributed by atoms with Gasteiger partial charge in [0.1, 0.15) is 0 Å². The number of nitrogen functional groups attached to an aromatic ring is 1. The van der Waals surface area contributed by atoms with Crippen LogP contribution in [-0.4, -0.2) is 42.4 Å². The lowest BCUT2D eigenvalue weighted by molar-refractivity contribution is 0.0946. The number of nitrogens with zero attached hydrogens (tertiary/aromatic N) is 7. The van der Waals surface area contributed by atoms with Gasteiger partial charge < -0.3 is 5.73 Å². The average molecular weight is 313 g/mol. The highest BCUT2D eigenvalue weighted by atomic mass is 16.6. The van der Waals surface area contributed by atoms with Crippen LogP contribution in [0.5, 0.6) is 0 Å². The fourth-order valence-electron chi connectivity index (χ4n) is 1.77. The average Bonchev–Trinajstić information content (AvgIpc) is 3.13. The molecule has 11 nitrogen and oxygen atoms in total. The molecule has 11 heteroatoms. The van der Waals surface area contributed by atoms with Crippen LogP contribution < -0.4 is 11.2 Å². The Kier molecular flexibility index (Phi) is 3.74. The Morgan fingerprint density at radius 2 is 2.35 bits per heavy atom. The number of carbonyl (C=O) groups is 1. The highest BCUT2D eigenvalue weighted by Gasteiger charge is 2.22. The third kappa shape index (κ3) is 2.88. The minimum absolute atomic E-state index is 0.0113. The summed E-state index contributed by atoms with van der Waals surface area (Å²) in [6.07, 6.45) is 4.70. The second-order valence-electron chi connectivity index (χ2n) is 4.39. The first kappa shape index (κ1) is 14.3. The number of anilines is 1. The zero-order valence-corrected chi connectivity index (χ0v) is 11.9. The molecule has 0 radical (unpaired) electrons. The van der Waals surface area contributed by atoms with E-state index in [1.807, 2.05) is 0 Å². The molecule has 3 aromatic rings. The number of rotatable bonds is 4. The van der Waals surface area contributed by atoms with Gasteiger partial charge in [0, 0.05) is 18.0 Å². The molecule has 0 spiro atoms. The molecule has 23 heavy (non-hydrogen) atoms. The van der Waals surface area contributed by atoms with Crippen molar-refractivity contribution >= 4 is 17.9 Å². The molecular formula is C12H11N9O2. The van der Waals surface area contributed by atoms with E-state index in [9.17, 15) is 4.79 Å². The van der Waals surface area contributed by atoms with Gasteiger partial charge in [-0.1, -0.05) is 11.3 Å². The predicted molar refractivity (Wildman–Crippen MR) is 77.7 cm³/mol. The van der Waals surface area contributed by atoms with Crippen molar-refractivity contribution in [2.24, 2.45) is 5.10 Å². The predicted octanol–water partition coefficient (Wildman–Crippen LogP) is -0.300. The number of carbonyl (C=O) groups excluding carboxylic acids is 1. The normalized spacial score (nSPS) is 11.0. The van der Waals surface area contributed by atoms with Gasteiger partial charge in [0.05, 0.1) is 11.9 Å². The number of hydrazone groups is 1. The Labute approximate surface area is 129 Å². The van der Waals surface area contributed by atoms with Crippen molar-refractivity contribution in [3.05, 3.63) is 41.5 Å². The lowest BCUT2D eigenvalue weighted by Crippen LogP contribution is -2.22. The van der Waals surface area contributed by atoms with Crippen LogP contribution in [0.25, 0.3) is 5.82 Å². The molecule has 3 aromatic heterocycles. The van der Waals surface area contributed by atoms with Crippen molar-refractivity contribution in [2.45, 2.75) is 6.92 Å². The molecule has 0 aliphatic rings. The van der Waals surface area contributed by atoms with E-state index in [1.165, 1.54) is 6.21 Å². The molecule has 0 unspecified atom stereocenters. The highest BCUT2D eigenvalue weighted by Crippen LogP contribution is 2.14. The molecule has 0 atom stereocenters. The van der Waals surface area contributed by atoms with Gasteiger partial charge in [0.15, 0.2) is 5.69 Å². The molecule has 0 bridgehead atoms. The van der Waals surface area contributed by atoms with Gasteiger partial charge in [0.25, 0.3) is 5.91 Å². The van der Waals surface area contributed by atoms with Crippen LogP contribution in [-0.2, 0) is 0 Å². The number of nitrogens with two attached hydrogens (primary N) is 1. The maximum atomic E-state index is 12.3. The Morgan fingerprint density at radius 1 is 1.48 bits per heavy atom. The molecule has 3 N–H and O–H groups in total. The number of amides is 1. The summed E-state index contributed by atoms with van der Waals surface area (Å²) in [7, 11) is 0. The number of hydrogen-bond acceptors (Lipinski definition) is 9. The summed E-state index contributed by atoms with van der Waals surface area (Å²) in [5, 5.41) is 18.5. The Balaban J connectivity index is 1.82. The maximum Gasteiger partial charge on any atom is 0.292 e. The molecule has 3 rings (SSSR count). The van der Waals surface area contributed by atoms with Gasteiger partial charge in [0.2, 0.25) is 11.6 Å². The highest BCUT2D eigenvalue weighted by molar-refractivity contribution is 5.94. The van der Waals surface area contributed by atoms with Crippen molar-refractivity contribution in [3.63, 3.8) is 0 Å². The monoisotopic (exact) mass is 313 g/mol. The van der Waals surface area contributed by atoms with Gasteiger partial charge >= 0.3 is 0 Å². The zero-order chi connectivity index (χ0) is 16.2. The minimum Gasteiger partial charge on any atom is -0.378 e. The maximum absolute atomic E-state index is 12.3. The van der Waals surface area contributed by atoms with Crippen molar-refractivity contribution < 1.29 is 9.42 Å². The second-order valence-corrected chi connectivity index (χ2v) is 4.39. The van der Waals surface area contributed by atoms with Gasteiger partial charge in [-0.2, -0.15) is 9.78 Å².